The Kier molecular flexibility index (Phi) is 13.5. The molecule has 2 aromatic carbocycles. The highest BCUT2D eigenvalue weighted by molar-refractivity contribution is 7.90. The SMILES string of the molecule is CC1(C)C(c2ccccc2)=CC=CC1(COc1cc(OCc2cncc(S(C)(=O)=O)c2)c(CN2CCCC[C@H]2C(=O)O)cc1Cl)OCCCN1CC[C@@H](C(=O)O)C1. The summed E-state index contributed by atoms with van der Waals surface area (Å²) < 4.78 is 44.4. The Labute approximate surface area is 340 Å². The molecule has 1 aromatic heterocycles. The Hall–Kier alpha value is -4.27. The first kappa shape index (κ1) is 42.3. The number of hydrogen-bond donors (Lipinski definition) is 2. The van der Waals surface area contributed by atoms with Gasteiger partial charge in [-0.2, -0.15) is 0 Å². The molecule has 1 unspecified atom stereocenters. The molecular formula is C43H52ClN3O9S. The first-order valence-electron chi connectivity index (χ1n) is 19.4. The first-order valence-corrected chi connectivity index (χ1v) is 21.7. The number of benzene rings is 2. The number of allylic oxidation sites excluding steroid dienone is 2. The van der Waals surface area contributed by atoms with Gasteiger partial charge in [0.25, 0.3) is 0 Å². The number of hydrogen-bond acceptors (Lipinski definition) is 10. The normalized spacial score (nSPS) is 22.6. The number of carboxylic acid groups (broad SMARTS) is 2. The minimum absolute atomic E-state index is 0.00886. The van der Waals surface area contributed by atoms with Crippen LogP contribution in [0.25, 0.3) is 5.57 Å². The molecule has 12 nitrogen and oxygen atoms in total. The van der Waals surface area contributed by atoms with Crippen molar-refractivity contribution in [1.82, 2.24) is 14.8 Å². The highest BCUT2D eigenvalue weighted by Crippen LogP contribution is 2.49. The molecule has 3 atom stereocenters. The lowest BCUT2D eigenvalue weighted by Gasteiger charge is -2.47. The fourth-order valence-corrected chi connectivity index (χ4v) is 8.87. The summed E-state index contributed by atoms with van der Waals surface area (Å²) in [7, 11) is -3.50. The van der Waals surface area contributed by atoms with Crippen LogP contribution in [0.4, 0.5) is 0 Å². The Morgan fingerprint density at radius 2 is 1.77 bits per heavy atom. The largest absolute Gasteiger partial charge is 0.488 e. The van der Waals surface area contributed by atoms with E-state index in [-0.39, 0.29) is 30.6 Å². The van der Waals surface area contributed by atoms with Gasteiger partial charge in [0.05, 0.1) is 15.8 Å². The van der Waals surface area contributed by atoms with Gasteiger partial charge in [0, 0.05) is 67.5 Å². The molecule has 2 fully saturated rings. The number of aliphatic carboxylic acids is 2. The number of pyridine rings is 1. The molecular weight excluding hydrogens is 770 g/mol. The molecule has 2 saturated heterocycles. The van der Waals surface area contributed by atoms with E-state index in [0.29, 0.717) is 73.2 Å². The van der Waals surface area contributed by atoms with E-state index >= 15 is 0 Å². The molecule has 0 radical (unpaired) electrons. The number of piperidine rings is 1. The van der Waals surface area contributed by atoms with Crippen LogP contribution in [0.3, 0.4) is 0 Å². The highest BCUT2D eigenvalue weighted by atomic mass is 35.5. The summed E-state index contributed by atoms with van der Waals surface area (Å²) in [4.78, 5) is 32.0. The standard InChI is InChI=1S/C43H52ClN3O9S/c1-42(2)35(31-11-5-4-6-12-31)13-9-16-43(42,56-20-10-17-46-19-15-32(26-46)40(48)49)29-55-39-23-38(54-28-30-21-34(25-45-24-30)57(3,52)53)33(22-36(39)44)27-47-18-8-7-14-37(47)41(50)51/h4-6,9,11-13,16,21-25,32,37H,7-8,10,14-15,17-20,26-29H2,1-3H3,(H,48,49)(H,50,51)/t32-,37+,43?/m1/s1. The Bertz CT molecular complexity index is 2090. The summed E-state index contributed by atoms with van der Waals surface area (Å²) in [5.41, 5.74) is 1.79. The average molecular weight is 822 g/mol. The summed E-state index contributed by atoms with van der Waals surface area (Å²) in [6.07, 6.45) is 13.6. The molecule has 1 aliphatic carbocycles. The summed E-state index contributed by atoms with van der Waals surface area (Å²) >= 11 is 6.99. The maximum absolute atomic E-state index is 12.2. The van der Waals surface area contributed by atoms with Gasteiger partial charge in [0.15, 0.2) is 9.84 Å². The van der Waals surface area contributed by atoms with Crippen molar-refractivity contribution in [3.63, 3.8) is 0 Å². The van der Waals surface area contributed by atoms with E-state index < -0.39 is 38.8 Å². The van der Waals surface area contributed by atoms with E-state index in [4.69, 9.17) is 25.8 Å². The van der Waals surface area contributed by atoms with Crippen molar-refractivity contribution in [3.8, 4) is 11.5 Å². The third-order valence-corrected chi connectivity index (χ3v) is 12.8. The van der Waals surface area contributed by atoms with Gasteiger partial charge in [-0.1, -0.05) is 74.4 Å². The molecule has 3 aliphatic rings. The lowest BCUT2D eigenvalue weighted by Crippen LogP contribution is -2.52. The zero-order valence-corrected chi connectivity index (χ0v) is 34.3. The van der Waals surface area contributed by atoms with E-state index in [0.717, 1.165) is 36.8 Å². The zero-order valence-electron chi connectivity index (χ0n) is 32.7. The molecule has 0 spiro atoms. The van der Waals surface area contributed by atoms with E-state index in [9.17, 15) is 28.2 Å². The second kappa shape index (κ2) is 18.1. The lowest BCUT2D eigenvalue weighted by atomic mass is 9.65. The van der Waals surface area contributed by atoms with Crippen LogP contribution < -0.4 is 9.47 Å². The third-order valence-electron chi connectivity index (χ3n) is 11.5. The van der Waals surface area contributed by atoms with Crippen molar-refractivity contribution in [1.29, 1.82) is 0 Å². The van der Waals surface area contributed by atoms with Gasteiger partial charge < -0.3 is 29.3 Å². The zero-order chi connectivity index (χ0) is 40.8. The molecule has 0 saturated carbocycles. The fourth-order valence-electron chi connectivity index (χ4n) is 8.01. The van der Waals surface area contributed by atoms with Crippen LogP contribution in [0.2, 0.25) is 5.02 Å². The van der Waals surface area contributed by atoms with Gasteiger partial charge in [-0.3, -0.25) is 19.5 Å². The van der Waals surface area contributed by atoms with Gasteiger partial charge in [-0.15, -0.1) is 0 Å². The predicted molar refractivity (Wildman–Crippen MR) is 217 cm³/mol. The Balaban J connectivity index is 1.28. The van der Waals surface area contributed by atoms with Crippen LogP contribution >= 0.6 is 11.6 Å². The molecule has 0 amide bonds. The minimum Gasteiger partial charge on any atom is -0.488 e. The van der Waals surface area contributed by atoms with Crippen LogP contribution in [0, 0.1) is 11.3 Å². The molecule has 57 heavy (non-hydrogen) atoms. The average Bonchev–Trinajstić information content (AvgIpc) is 3.66. The minimum atomic E-state index is -3.50. The van der Waals surface area contributed by atoms with Crippen LogP contribution in [0.15, 0.2) is 84.0 Å². The van der Waals surface area contributed by atoms with Gasteiger partial charge in [0.2, 0.25) is 0 Å². The number of ether oxygens (including phenoxy) is 3. The third kappa shape index (κ3) is 10.1. The summed E-state index contributed by atoms with van der Waals surface area (Å²) in [6.45, 7) is 7.59. The van der Waals surface area contributed by atoms with Crippen LogP contribution in [-0.2, 0) is 37.3 Å². The van der Waals surface area contributed by atoms with Crippen LogP contribution in [-0.4, -0.2) is 103 Å². The Morgan fingerprint density at radius 1 is 0.982 bits per heavy atom. The number of aromatic nitrogens is 1. The number of carbonyl (C=O) groups is 2. The summed E-state index contributed by atoms with van der Waals surface area (Å²) in [5.74, 6) is -1.23. The monoisotopic (exact) mass is 821 g/mol. The van der Waals surface area contributed by atoms with Crippen molar-refractivity contribution in [3.05, 3.63) is 101 Å². The van der Waals surface area contributed by atoms with Crippen LogP contribution in [0.5, 0.6) is 11.5 Å². The number of halogens is 1. The van der Waals surface area contributed by atoms with Crippen molar-refractivity contribution in [2.75, 3.05) is 45.6 Å². The Morgan fingerprint density at radius 3 is 2.49 bits per heavy atom. The quantitative estimate of drug-likeness (QED) is 0.138. The maximum Gasteiger partial charge on any atom is 0.320 e. The van der Waals surface area contributed by atoms with Gasteiger partial charge in [0.1, 0.15) is 36.4 Å². The molecule has 306 valence electrons. The summed E-state index contributed by atoms with van der Waals surface area (Å²) in [5, 5.41) is 19.8. The molecule has 14 heteroatoms. The topological polar surface area (TPSA) is 156 Å². The lowest BCUT2D eigenvalue weighted by molar-refractivity contribution is -0.145. The molecule has 2 aliphatic heterocycles. The maximum atomic E-state index is 12.2. The van der Waals surface area contributed by atoms with Crippen LogP contribution in [0.1, 0.15) is 62.6 Å². The number of nitrogens with zero attached hydrogens (tertiary/aromatic N) is 3. The molecule has 6 rings (SSSR count). The highest BCUT2D eigenvalue weighted by Gasteiger charge is 2.49. The first-order chi connectivity index (χ1) is 27.2. The van der Waals surface area contributed by atoms with E-state index in [1.165, 1.54) is 18.5 Å². The van der Waals surface area contributed by atoms with E-state index in [2.05, 4.69) is 41.9 Å². The van der Waals surface area contributed by atoms with Gasteiger partial charge in [-0.05, 0) is 68.1 Å². The number of rotatable bonds is 17. The van der Waals surface area contributed by atoms with Crippen molar-refractivity contribution in [2.45, 2.75) is 75.6 Å². The smallest absolute Gasteiger partial charge is 0.320 e. The van der Waals surface area contributed by atoms with Gasteiger partial charge >= 0.3 is 11.9 Å². The van der Waals surface area contributed by atoms with Crippen molar-refractivity contribution < 1.29 is 42.4 Å². The second-order valence-corrected chi connectivity index (χ2v) is 18.2. The predicted octanol–water partition coefficient (Wildman–Crippen LogP) is 6.77. The number of likely N-dealkylation sites (tertiary alicyclic amines) is 2. The van der Waals surface area contributed by atoms with Gasteiger partial charge in [-0.25, -0.2) is 8.42 Å². The van der Waals surface area contributed by atoms with E-state index in [1.807, 2.05) is 35.3 Å². The number of sulfone groups is 1. The van der Waals surface area contributed by atoms with E-state index in [1.54, 1.807) is 12.1 Å². The second-order valence-electron chi connectivity index (χ2n) is 15.7. The van der Waals surface area contributed by atoms with Crippen molar-refractivity contribution in [2.24, 2.45) is 11.3 Å². The molecule has 3 heterocycles. The fraction of sp³-hybridized carbons (Fsp3) is 0.465. The molecule has 0 bridgehead atoms. The van der Waals surface area contributed by atoms with Crippen molar-refractivity contribution >= 4 is 38.9 Å². The molecule has 3 aromatic rings. The molecule has 2 N–H and O–H groups in total. The summed E-state index contributed by atoms with van der Waals surface area (Å²) in [6, 6.07) is 14.5. The number of carboxylic acids is 2.